The molecule has 0 saturated carbocycles. The molecule has 0 amide bonds. The van der Waals surface area contributed by atoms with Crippen molar-refractivity contribution in [3.05, 3.63) is 0 Å². The van der Waals surface area contributed by atoms with Crippen molar-refractivity contribution in [3.8, 4) is 0 Å². The van der Waals surface area contributed by atoms with E-state index in [0.717, 1.165) is 32.7 Å². The predicted molar refractivity (Wildman–Crippen MR) is 57.7 cm³/mol. The summed E-state index contributed by atoms with van der Waals surface area (Å²) in [5.74, 6) is -0.134. The molecule has 1 aliphatic heterocycles. The lowest BCUT2D eigenvalue weighted by Crippen LogP contribution is -2.42. The zero-order chi connectivity index (χ0) is 11.1. The molecule has 0 N–H and O–H groups in total. The average molecular weight is 215 g/mol. The Morgan fingerprint density at radius 2 is 2.40 bits per heavy atom. The molecule has 1 heterocycles. The van der Waals surface area contributed by atoms with Gasteiger partial charge in [0.25, 0.3) is 0 Å². The number of nitrogens with zero attached hydrogens (tertiary/aromatic N) is 1. The van der Waals surface area contributed by atoms with Gasteiger partial charge in [-0.3, -0.25) is 9.69 Å². The van der Waals surface area contributed by atoms with E-state index in [4.69, 9.17) is 4.74 Å². The summed E-state index contributed by atoms with van der Waals surface area (Å²) < 4.78 is 10.1. The molecule has 1 fully saturated rings. The highest BCUT2D eigenvalue weighted by atomic mass is 16.5. The number of carbonyl (C=O) groups is 1. The lowest BCUT2D eigenvalue weighted by Gasteiger charge is -2.33. The van der Waals surface area contributed by atoms with Crippen molar-refractivity contribution in [1.29, 1.82) is 0 Å². The second-order valence-corrected chi connectivity index (χ2v) is 3.83. The molecule has 1 saturated heterocycles. The molecule has 4 nitrogen and oxygen atoms in total. The Morgan fingerprint density at radius 3 is 2.93 bits per heavy atom. The van der Waals surface area contributed by atoms with Gasteiger partial charge in [-0.2, -0.15) is 0 Å². The fourth-order valence-corrected chi connectivity index (χ4v) is 1.95. The van der Waals surface area contributed by atoms with Gasteiger partial charge in [-0.1, -0.05) is 6.92 Å². The quantitative estimate of drug-likeness (QED) is 0.643. The van der Waals surface area contributed by atoms with E-state index < -0.39 is 0 Å². The van der Waals surface area contributed by atoms with Gasteiger partial charge >= 0.3 is 5.97 Å². The standard InChI is InChI=1S/C11H21NO3/c1-3-12(7-6-11(13)14-2)10-5-4-8-15-9-10/h10H,3-9H2,1-2H3. The maximum atomic E-state index is 11.0. The Bertz CT molecular complexity index is 190. The maximum Gasteiger partial charge on any atom is 0.306 e. The van der Waals surface area contributed by atoms with Gasteiger partial charge in [-0.05, 0) is 19.4 Å². The van der Waals surface area contributed by atoms with Crippen LogP contribution in [0.1, 0.15) is 26.2 Å². The minimum Gasteiger partial charge on any atom is -0.469 e. The Morgan fingerprint density at radius 1 is 1.60 bits per heavy atom. The third kappa shape index (κ3) is 4.18. The Kier molecular flexibility index (Phi) is 5.65. The number of likely N-dealkylation sites (N-methyl/N-ethyl adjacent to an activating group) is 1. The van der Waals surface area contributed by atoms with Gasteiger partial charge in [0.1, 0.15) is 0 Å². The highest BCUT2D eigenvalue weighted by Gasteiger charge is 2.20. The summed E-state index contributed by atoms with van der Waals surface area (Å²) >= 11 is 0. The summed E-state index contributed by atoms with van der Waals surface area (Å²) in [6.45, 7) is 5.54. The minimum absolute atomic E-state index is 0.134. The number of ether oxygens (including phenoxy) is 2. The maximum absolute atomic E-state index is 11.0. The summed E-state index contributed by atoms with van der Waals surface area (Å²) in [6, 6.07) is 0.480. The van der Waals surface area contributed by atoms with Crippen LogP contribution in [0.5, 0.6) is 0 Å². The van der Waals surface area contributed by atoms with Crippen molar-refractivity contribution in [2.24, 2.45) is 0 Å². The molecule has 15 heavy (non-hydrogen) atoms. The van der Waals surface area contributed by atoms with Crippen LogP contribution in [0.2, 0.25) is 0 Å². The monoisotopic (exact) mass is 215 g/mol. The van der Waals surface area contributed by atoms with Crippen molar-refractivity contribution in [1.82, 2.24) is 4.90 Å². The van der Waals surface area contributed by atoms with E-state index in [2.05, 4.69) is 16.6 Å². The Labute approximate surface area is 91.5 Å². The first-order valence-corrected chi connectivity index (χ1v) is 5.66. The third-order valence-electron chi connectivity index (χ3n) is 2.89. The van der Waals surface area contributed by atoms with Gasteiger partial charge in [0, 0.05) is 19.2 Å². The van der Waals surface area contributed by atoms with E-state index in [1.807, 2.05) is 0 Å². The predicted octanol–water partition coefficient (Wildman–Crippen LogP) is 1.05. The van der Waals surface area contributed by atoms with Crippen molar-refractivity contribution >= 4 is 5.97 Å². The van der Waals surface area contributed by atoms with Gasteiger partial charge in [-0.25, -0.2) is 0 Å². The van der Waals surface area contributed by atoms with Crippen molar-refractivity contribution in [2.45, 2.75) is 32.2 Å². The molecule has 0 aromatic heterocycles. The Balaban J connectivity index is 2.30. The van der Waals surface area contributed by atoms with E-state index in [9.17, 15) is 4.79 Å². The second-order valence-electron chi connectivity index (χ2n) is 3.83. The van der Waals surface area contributed by atoms with Crippen LogP contribution >= 0.6 is 0 Å². The largest absolute Gasteiger partial charge is 0.469 e. The number of esters is 1. The van der Waals surface area contributed by atoms with E-state index in [1.54, 1.807) is 0 Å². The number of rotatable bonds is 5. The molecule has 1 atom stereocenters. The first kappa shape index (κ1) is 12.5. The van der Waals surface area contributed by atoms with Crippen molar-refractivity contribution in [2.75, 3.05) is 33.4 Å². The average Bonchev–Trinajstić information content (AvgIpc) is 2.31. The van der Waals surface area contributed by atoms with Gasteiger partial charge in [0.2, 0.25) is 0 Å². The van der Waals surface area contributed by atoms with Crippen LogP contribution in [0.4, 0.5) is 0 Å². The van der Waals surface area contributed by atoms with Crippen LogP contribution in [-0.4, -0.2) is 50.3 Å². The molecule has 0 spiro atoms. The van der Waals surface area contributed by atoms with Crippen LogP contribution < -0.4 is 0 Å². The molecule has 1 unspecified atom stereocenters. The van der Waals surface area contributed by atoms with E-state index >= 15 is 0 Å². The zero-order valence-corrected chi connectivity index (χ0v) is 9.70. The van der Waals surface area contributed by atoms with Gasteiger partial charge in [0.05, 0.1) is 20.1 Å². The molecule has 1 rings (SSSR count). The zero-order valence-electron chi connectivity index (χ0n) is 9.70. The van der Waals surface area contributed by atoms with Crippen molar-refractivity contribution < 1.29 is 14.3 Å². The van der Waals surface area contributed by atoms with E-state index in [-0.39, 0.29) is 5.97 Å². The summed E-state index contributed by atoms with van der Waals surface area (Å²) in [5, 5.41) is 0. The van der Waals surface area contributed by atoms with Crippen molar-refractivity contribution in [3.63, 3.8) is 0 Å². The fourth-order valence-electron chi connectivity index (χ4n) is 1.95. The smallest absolute Gasteiger partial charge is 0.306 e. The number of methoxy groups -OCH3 is 1. The SMILES string of the molecule is CCN(CCC(=O)OC)C1CCCOC1. The third-order valence-corrected chi connectivity index (χ3v) is 2.89. The van der Waals surface area contributed by atoms with Crippen LogP contribution in [0.3, 0.4) is 0 Å². The number of hydrogen-bond acceptors (Lipinski definition) is 4. The molecule has 0 bridgehead atoms. The molecule has 1 aliphatic rings. The van der Waals surface area contributed by atoms with Gasteiger partial charge < -0.3 is 9.47 Å². The highest BCUT2D eigenvalue weighted by molar-refractivity contribution is 5.69. The summed E-state index contributed by atoms with van der Waals surface area (Å²) in [4.78, 5) is 13.3. The van der Waals surface area contributed by atoms with Crippen LogP contribution in [0.15, 0.2) is 0 Å². The molecular formula is C11H21NO3. The summed E-state index contributed by atoms with van der Waals surface area (Å²) in [5.41, 5.74) is 0. The van der Waals surface area contributed by atoms with E-state index in [1.165, 1.54) is 13.5 Å². The summed E-state index contributed by atoms with van der Waals surface area (Å²) in [6.07, 6.45) is 2.77. The lowest BCUT2D eigenvalue weighted by atomic mass is 10.1. The first-order chi connectivity index (χ1) is 7.27. The molecule has 88 valence electrons. The van der Waals surface area contributed by atoms with Gasteiger partial charge in [-0.15, -0.1) is 0 Å². The van der Waals surface area contributed by atoms with Gasteiger partial charge in [0.15, 0.2) is 0 Å². The number of hydrogen-bond donors (Lipinski definition) is 0. The topological polar surface area (TPSA) is 38.8 Å². The van der Waals surface area contributed by atoms with Crippen LogP contribution in [-0.2, 0) is 14.3 Å². The molecular weight excluding hydrogens is 194 g/mol. The first-order valence-electron chi connectivity index (χ1n) is 5.66. The second kappa shape index (κ2) is 6.80. The molecule has 0 radical (unpaired) electrons. The lowest BCUT2D eigenvalue weighted by molar-refractivity contribution is -0.141. The summed E-state index contributed by atoms with van der Waals surface area (Å²) in [7, 11) is 1.43. The van der Waals surface area contributed by atoms with Crippen LogP contribution in [0.25, 0.3) is 0 Å². The van der Waals surface area contributed by atoms with Crippen LogP contribution in [0, 0.1) is 0 Å². The molecule has 0 aromatic carbocycles. The highest BCUT2D eigenvalue weighted by Crippen LogP contribution is 2.13. The normalized spacial score (nSPS) is 21.7. The fraction of sp³-hybridized carbons (Fsp3) is 0.909. The molecule has 4 heteroatoms. The molecule has 0 aromatic rings. The van der Waals surface area contributed by atoms with E-state index in [0.29, 0.717) is 12.5 Å². The Hall–Kier alpha value is -0.610. The number of carbonyl (C=O) groups excluding carboxylic acids is 1. The molecule has 0 aliphatic carbocycles. The minimum atomic E-state index is -0.134.